The second-order valence-electron chi connectivity index (χ2n) is 4.09. The van der Waals surface area contributed by atoms with Crippen LogP contribution in [0.1, 0.15) is 11.1 Å². The van der Waals surface area contributed by atoms with Gasteiger partial charge in [0.15, 0.2) is 0 Å². The molecule has 0 aliphatic carbocycles. The monoisotopic (exact) mass is 320 g/mol. The summed E-state index contributed by atoms with van der Waals surface area (Å²) >= 11 is 5.89. The van der Waals surface area contributed by atoms with Crippen molar-refractivity contribution in [3.8, 4) is 5.75 Å². The lowest BCUT2D eigenvalue weighted by molar-refractivity contribution is -0.132. The number of nitrogens with two attached hydrogens (primary N) is 2. The van der Waals surface area contributed by atoms with Crippen LogP contribution in [-0.4, -0.2) is 24.2 Å². The Balaban J connectivity index is 3.06. The largest absolute Gasteiger partial charge is 0.478 e. The molecule has 5 N–H and O–H groups in total. The lowest BCUT2D eigenvalue weighted by atomic mass is 10.0. The molecule has 5 nitrogen and oxygen atoms in total. The van der Waals surface area contributed by atoms with Gasteiger partial charge < -0.3 is 21.3 Å². The van der Waals surface area contributed by atoms with Gasteiger partial charge in [-0.25, -0.2) is 4.79 Å². The molecule has 116 valence electrons. The van der Waals surface area contributed by atoms with Crippen LogP contribution >= 0.6 is 11.6 Å². The van der Waals surface area contributed by atoms with Crippen molar-refractivity contribution in [3.05, 3.63) is 39.9 Å². The first-order valence-corrected chi connectivity index (χ1v) is 6.35. The minimum atomic E-state index is -3.01. The zero-order valence-corrected chi connectivity index (χ0v) is 11.7. The predicted octanol–water partition coefficient (Wildman–Crippen LogP) is 1.91. The number of carboxylic acids is 1. The average molecular weight is 321 g/mol. The average Bonchev–Trinajstić information content (AvgIpc) is 2.41. The highest BCUT2D eigenvalue weighted by atomic mass is 35.5. The highest BCUT2D eigenvalue weighted by Crippen LogP contribution is 2.32. The quantitative estimate of drug-likeness (QED) is 0.667. The fraction of sp³-hybridized carbons (Fsp3) is 0.308. The van der Waals surface area contributed by atoms with Crippen LogP contribution in [0.25, 0.3) is 0 Å². The summed E-state index contributed by atoms with van der Waals surface area (Å²) in [4.78, 5) is 10.8. The second kappa shape index (κ2) is 7.92. The van der Waals surface area contributed by atoms with Crippen molar-refractivity contribution in [1.82, 2.24) is 0 Å². The summed E-state index contributed by atoms with van der Waals surface area (Å²) in [5, 5.41) is 8.84. The van der Waals surface area contributed by atoms with Gasteiger partial charge in [0.2, 0.25) is 0 Å². The van der Waals surface area contributed by atoms with Gasteiger partial charge in [-0.1, -0.05) is 23.7 Å². The molecule has 0 unspecified atom stereocenters. The number of aliphatic carboxylic acids is 1. The van der Waals surface area contributed by atoms with Crippen molar-refractivity contribution in [3.63, 3.8) is 0 Å². The summed E-state index contributed by atoms with van der Waals surface area (Å²) in [6.45, 7) is -3.16. The van der Waals surface area contributed by atoms with E-state index in [1.54, 1.807) is 0 Å². The van der Waals surface area contributed by atoms with Crippen LogP contribution in [0.15, 0.2) is 23.8 Å². The van der Waals surface area contributed by atoms with E-state index >= 15 is 0 Å². The molecule has 8 heteroatoms. The minimum Gasteiger partial charge on any atom is -0.478 e. The Hall–Kier alpha value is -1.70. The molecule has 0 fully saturated rings. The van der Waals surface area contributed by atoms with Crippen molar-refractivity contribution in [2.45, 2.75) is 19.6 Å². The number of hydrogen-bond acceptors (Lipinski definition) is 4. The molecule has 0 aliphatic rings. The van der Waals surface area contributed by atoms with Gasteiger partial charge in [-0.3, -0.25) is 0 Å². The molecule has 1 rings (SSSR count). The summed E-state index contributed by atoms with van der Waals surface area (Å²) < 4.78 is 28.9. The van der Waals surface area contributed by atoms with E-state index in [2.05, 4.69) is 4.74 Å². The molecule has 0 aliphatic heterocycles. The molecule has 0 saturated carbocycles. The number of rotatable bonds is 7. The molecular formula is C13H15ClF2N2O3. The van der Waals surface area contributed by atoms with Gasteiger partial charge >= 0.3 is 12.6 Å². The second-order valence-corrected chi connectivity index (χ2v) is 4.50. The maximum atomic E-state index is 12.3. The summed E-state index contributed by atoms with van der Waals surface area (Å²) in [5.74, 6) is -1.28. The van der Waals surface area contributed by atoms with E-state index in [4.69, 9.17) is 28.2 Å². The first kappa shape index (κ1) is 17.4. The zero-order chi connectivity index (χ0) is 16.0. The Bertz CT molecular complexity index is 550. The van der Waals surface area contributed by atoms with Crippen LogP contribution in [0, 0.1) is 0 Å². The minimum absolute atomic E-state index is 0.00808. The van der Waals surface area contributed by atoms with Crippen LogP contribution in [0.5, 0.6) is 5.75 Å². The molecule has 1 aromatic rings. The number of carboxylic acid groups (broad SMARTS) is 1. The third-order valence-corrected chi connectivity index (χ3v) is 2.97. The van der Waals surface area contributed by atoms with Gasteiger partial charge in [0.1, 0.15) is 5.75 Å². The van der Waals surface area contributed by atoms with Crippen LogP contribution < -0.4 is 16.2 Å². The van der Waals surface area contributed by atoms with Gasteiger partial charge in [0, 0.05) is 24.2 Å². The van der Waals surface area contributed by atoms with E-state index in [9.17, 15) is 13.6 Å². The van der Waals surface area contributed by atoms with E-state index in [1.807, 2.05) is 0 Å². The van der Waals surface area contributed by atoms with E-state index in [0.717, 1.165) is 0 Å². The molecule has 21 heavy (non-hydrogen) atoms. The number of hydrogen-bond donors (Lipinski definition) is 3. The Morgan fingerprint density at radius 2 is 2.10 bits per heavy atom. The highest BCUT2D eigenvalue weighted by molar-refractivity contribution is 6.32. The first-order chi connectivity index (χ1) is 9.88. The number of carbonyl (C=O) groups is 1. The molecule has 0 atom stereocenters. The molecule has 0 amide bonds. The summed E-state index contributed by atoms with van der Waals surface area (Å²) in [5.41, 5.74) is 11.8. The molecule has 0 radical (unpaired) electrons. The fourth-order valence-corrected chi connectivity index (χ4v) is 2.01. The molecule has 0 spiro atoms. The third-order valence-electron chi connectivity index (χ3n) is 2.69. The van der Waals surface area contributed by atoms with Crippen LogP contribution in [0.4, 0.5) is 8.78 Å². The lowest BCUT2D eigenvalue weighted by Gasteiger charge is -2.13. The standard InChI is InChI=1S/C13H15ClF2N2O3/c14-10-4-7(1-2-8(5-17)12(19)20)3-9(6-18)11(10)21-13(15)16/h2-4,13H,1,5-6,17-18H2,(H,19,20)/b8-2+. The number of allylic oxidation sites excluding steroid dienone is 1. The lowest BCUT2D eigenvalue weighted by Crippen LogP contribution is -2.12. The maximum absolute atomic E-state index is 12.3. The van der Waals surface area contributed by atoms with E-state index in [-0.39, 0.29) is 35.9 Å². The molecule has 0 aromatic heterocycles. The normalized spacial score (nSPS) is 11.8. The van der Waals surface area contributed by atoms with E-state index < -0.39 is 12.6 Å². The van der Waals surface area contributed by atoms with Crippen molar-refractivity contribution >= 4 is 17.6 Å². The zero-order valence-electron chi connectivity index (χ0n) is 11.0. The van der Waals surface area contributed by atoms with E-state index in [0.29, 0.717) is 11.1 Å². The molecule has 0 saturated heterocycles. The van der Waals surface area contributed by atoms with Gasteiger partial charge in [0.05, 0.1) is 5.02 Å². The smallest absolute Gasteiger partial charge is 0.387 e. The number of ether oxygens (including phenoxy) is 1. The molecule has 0 heterocycles. The van der Waals surface area contributed by atoms with Crippen LogP contribution in [-0.2, 0) is 17.8 Å². The molecular weight excluding hydrogens is 306 g/mol. The van der Waals surface area contributed by atoms with Gasteiger partial charge in [-0.15, -0.1) is 0 Å². The maximum Gasteiger partial charge on any atom is 0.387 e. The Labute approximate surface area is 125 Å². The summed E-state index contributed by atoms with van der Waals surface area (Å²) in [6.07, 6.45) is 1.67. The highest BCUT2D eigenvalue weighted by Gasteiger charge is 2.14. The van der Waals surface area contributed by atoms with Crippen molar-refractivity contribution in [2.24, 2.45) is 11.5 Å². The third kappa shape index (κ3) is 4.96. The number of halogens is 3. The van der Waals surface area contributed by atoms with Crippen LogP contribution in [0.3, 0.4) is 0 Å². The first-order valence-electron chi connectivity index (χ1n) is 5.97. The number of benzene rings is 1. The topological polar surface area (TPSA) is 98.6 Å². The van der Waals surface area contributed by atoms with Gasteiger partial charge in [0.25, 0.3) is 0 Å². The van der Waals surface area contributed by atoms with Crippen molar-refractivity contribution < 1.29 is 23.4 Å². The fourth-order valence-electron chi connectivity index (χ4n) is 1.70. The van der Waals surface area contributed by atoms with Crippen molar-refractivity contribution in [2.75, 3.05) is 6.54 Å². The van der Waals surface area contributed by atoms with Gasteiger partial charge in [-0.2, -0.15) is 8.78 Å². The SMILES string of the molecule is NC/C(=C\Cc1cc(Cl)c(OC(F)F)c(CN)c1)C(=O)O. The van der Waals surface area contributed by atoms with Crippen LogP contribution in [0.2, 0.25) is 5.02 Å². The summed E-state index contributed by atoms with van der Waals surface area (Å²) in [6, 6.07) is 2.96. The summed E-state index contributed by atoms with van der Waals surface area (Å²) in [7, 11) is 0. The Morgan fingerprint density at radius 1 is 1.43 bits per heavy atom. The molecule has 1 aromatic carbocycles. The number of alkyl halides is 2. The Morgan fingerprint density at radius 3 is 2.57 bits per heavy atom. The Kier molecular flexibility index (Phi) is 6.54. The van der Waals surface area contributed by atoms with Crippen molar-refractivity contribution in [1.29, 1.82) is 0 Å². The predicted molar refractivity (Wildman–Crippen MR) is 74.5 cm³/mol. The molecule has 0 bridgehead atoms. The van der Waals surface area contributed by atoms with E-state index in [1.165, 1.54) is 18.2 Å². The van der Waals surface area contributed by atoms with Gasteiger partial charge in [-0.05, 0) is 18.1 Å².